The summed E-state index contributed by atoms with van der Waals surface area (Å²) in [7, 11) is 1.63. The van der Waals surface area contributed by atoms with Gasteiger partial charge in [-0.15, -0.1) is 0 Å². The Morgan fingerprint density at radius 2 is 1.97 bits per heavy atom. The standard InChI is InChI=1S/C23H21F2N5O3/c1-33-16-6-7-30(12-16)23(32)13-2-4-15(5-3-13)27-11-21(29-26)17-8-14-9-18(24)19(25)10-20(14)28-22(17)31/h2-5,8-11,16,26-27H,6-7,12H2,1H3,(H,28,31)/b21-11-,29-26?/t16-/m0/s1. The van der Waals surface area contributed by atoms with Crippen molar-refractivity contribution < 1.29 is 18.3 Å². The summed E-state index contributed by atoms with van der Waals surface area (Å²) in [4.78, 5) is 29.2. The minimum atomic E-state index is -1.07. The van der Waals surface area contributed by atoms with Crippen molar-refractivity contribution in [1.82, 2.24) is 9.88 Å². The summed E-state index contributed by atoms with van der Waals surface area (Å²) >= 11 is 0. The van der Waals surface area contributed by atoms with Crippen molar-refractivity contribution in [3.63, 3.8) is 0 Å². The van der Waals surface area contributed by atoms with Crippen molar-refractivity contribution in [3.8, 4) is 0 Å². The predicted octanol–water partition coefficient (Wildman–Crippen LogP) is 4.11. The van der Waals surface area contributed by atoms with E-state index >= 15 is 0 Å². The quantitative estimate of drug-likeness (QED) is 0.488. The molecule has 0 spiro atoms. The Labute approximate surface area is 187 Å². The Balaban J connectivity index is 1.52. The number of aromatic nitrogens is 1. The molecular formula is C23H21F2N5O3. The van der Waals surface area contributed by atoms with Gasteiger partial charge in [0.25, 0.3) is 11.5 Å². The van der Waals surface area contributed by atoms with Crippen LogP contribution in [0, 0.1) is 17.2 Å². The molecule has 3 aromatic rings. The van der Waals surface area contributed by atoms with Crippen LogP contribution in [0.2, 0.25) is 0 Å². The number of rotatable bonds is 6. The molecule has 0 aliphatic carbocycles. The molecule has 1 fully saturated rings. The van der Waals surface area contributed by atoms with Crippen LogP contribution in [-0.2, 0) is 4.74 Å². The number of carbonyl (C=O) groups excluding carboxylic acids is 1. The smallest absolute Gasteiger partial charge is 0.258 e. The number of likely N-dealkylation sites (tertiary alicyclic amines) is 1. The SMILES string of the molecule is CO[C@H]1CCN(C(=O)c2ccc(N/C=C(\N=N)c3cc4cc(F)c(F)cc4[nH]c3=O)cc2)C1. The molecule has 1 atom stereocenters. The molecule has 3 N–H and O–H groups in total. The average Bonchev–Trinajstić information content (AvgIpc) is 3.30. The van der Waals surface area contributed by atoms with Crippen molar-refractivity contribution >= 4 is 28.2 Å². The van der Waals surface area contributed by atoms with Crippen molar-refractivity contribution in [2.24, 2.45) is 5.11 Å². The highest BCUT2D eigenvalue weighted by Crippen LogP contribution is 2.21. The average molecular weight is 453 g/mol. The number of nitrogens with one attached hydrogen (secondary N) is 3. The van der Waals surface area contributed by atoms with Crippen molar-refractivity contribution in [2.75, 3.05) is 25.5 Å². The molecule has 0 bridgehead atoms. The third kappa shape index (κ3) is 4.65. The summed E-state index contributed by atoms with van der Waals surface area (Å²) < 4.78 is 32.3. The van der Waals surface area contributed by atoms with E-state index in [0.717, 1.165) is 18.6 Å². The van der Waals surface area contributed by atoms with Crippen molar-refractivity contribution in [2.45, 2.75) is 12.5 Å². The number of aromatic amines is 1. The van der Waals surface area contributed by atoms with Crippen LogP contribution >= 0.6 is 0 Å². The molecule has 2 aromatic carbocycles. The van der Waals surface area contributed by atoms with Gasteiger partial charge in [-0.2, -0.15) is 5.11 Å². The number of anilines is 1. The lowest BCUT2D eigenvalue weighted by molar-refractivity contribution is 0.0724. The van der Waals surface area contributed by atoms with Crippen LogP contribution in [-0.4, -0.2) is 42.1 Å². The van der Waals surface area contributed by atoms with Crippen LogP contribution in [0.25, 0.3) is 16.6 Å². The number of nitrogens with zero attached hydrogens (tertiary/aromatic N) is 2. The number of hydrogen-bond donors (Lipinski definition) is 3. The third-order valence-electron chi connectivity index (χ3n) is 5.55. The summed E-state index contributed by atoms with van der Waals surface area (Å²) in [6, 6.07) is 9.94. The minimum Gasteiger partial charge on any atom is -0.380 e. The van der Waals surface area contributed by atoms with E-state index in [2.05, 4.69) is 15.4 Å². The van der Waals surface area contributed by atoms with Crippen LogP contribution in [0.3, 0.4) is 0 Å². The summed E-state index contributed by atoms with van der Waals surface area (Å²) in [6.07, 6.45) is 2.21. The first-order valence-corrected chi connectivity index (χ1v) is 10.2. The number of hydrogen-bond acceptors (Lipinski definition) is 6. The van der Waals surface area contributed by atoms with Gasteiger partial charge in [-0.25, -0.2) is 14.3 Å². The normalized spacial score (nSPS) is 16.3. The Morgan fingerprint density at radius 3 is 2.64 bits per heavy atom. The van der Waals surface area contributed by atoms with Gasteiger partial charge in [0.1, 0.15) is 5.70 Å². The summed E-state index contributed by atoms with van der Waals surface area (Å²) in [6.45, 7) is 1.20. The molecule has 1 aromatic heterocycles. The van der Waals surface area contributed by atoms with E-state index in [-0.39, 0.29) is 34.2 Å². The number of fused-ring (bicyclic) bond motifs is 1. The monoisotopic (exact) mass is 453 g/mol. The molecule has 0 unspecified atom stereocenters. The van der Waals surface area contributed by atoms with E-state index in [9.17, 15) is 18.4 Å². The first-order valence-electron chi connectivity index (χ1n) is 10.2. The van der Waals surface area contributed by atoms with Gasteiger partial charge in [0.2, 0.25) is 0 Å². The van der Waals surface area contributed by atoms with Gasteiger partial charge in [-0.3, -0.25) is 9.59 Å². The Hall–Kier alpha value is -3.92. The lowest BCUT2D eigenvalue weighted by Gasteiger charge is -2.16. The van der Waals surface area contributed by atoms with Gasteiger partial charge < -0.3 is 19.9 Å². The van der Waals surface area contributed by atoms with E-state index in [0.29, 0.717) is 24.3 Å². The number of ether oxygens (including phenoxy) is 1. The van der Waals surface area contributed by atoms with Crippen LogP contribution < -0.4 is 10.9 Å². The van der Waals surface area contributed by atoms with Crippen LogP contribution in [0.1, 0.15) is 22.3 Å². The number of methoxy groups -OCH3 is 1. The van der Waals surface area contributed by atoms with E-state index in [1.165, 1.54) is 12.3 Å². The van der Waals surface area contributed by atoms with Gasteiger partial charge in [0.05, 0.1) is 17.2 Å². The first kappa shape index (κ1) is 22.3. The summed E-state index contributed by atoms with van der Waals surface area (Å²) in [5, 5.41) is 6.58. The van der Waals surface area contributed by atoms with Gasteiger partial charge >= 0.3 is 0 Å². The fourth-order valence-corrected chi connectivity index (χ4v) is 3.71. The molecule has 1 aliphatic heterocycles. The topological polar surface area (TPSA) is 111 Å². The number of benzene rings is 2. The van der Waals surface area contributed by atoms with Crippen molar-refractivity contribution in [1.29, 1.82) is 5.53 Å². The second-order valence-corrected chi connectivity index (χ2v) is 7.63. The second-order valence-electron chi connectivity index (χ2n) is 7.63. The number of carbonyl (C=O) groups is 1. The maximum absolute atomic E-state index is 13.6. The highest BCUT2D eigenvalue weighted by molar-refractivity contribution is 5.94. The lowest BCUT2D eigenvalue weighted by Crippen LogP contribution is -2.29. The Kier molecular flexibility index (Phi) is 6.27. The van der Waals surface area contributed by atoms with E-state index in [1.54, 1.807) is 36.3 Å². The van der Waals surface area contributed by atoms with E-state index in [4.69, 9.17) is 10.3 Å². The maximum Gasteiger partial charge on any atom is 0.258 e. The molecular weight excluding hydrogens is 432 g/mol. The molecule has 33 heavy (non-hydrogen) atoms. The van der Waals surface area contributed by atoms with Gasteiger partial charge in [-0.05, 0) is 42.8 Å². The predicted molar refractivity (Wildman–Crippen MR) is 119 cm³/mol. The molecule has 0 saturated carbocycles. The number of pyridine rings is 1. The van der Waals surface area contributed by atoms with E-state index < -0.39 is 17.2 Å². The van der Waals surface area contributed by atoms with Gasteiger partial charge in [0.15, 0.2) is 11.6 Å². The molecule has 10 heteroatoms. The molecule has 0 radical (unpaired) electrons. The molecule has 170 valence electrons. The third-order valence-corrected chi connectivity index (χ3v) is 5.55. The Bertz CT molecular complexity index is 1300. The first-order chi connectivity index (χ1) is 15.9. The lowest BCUT2D eigenvalue weighted by atomic mass is 10.1. The van der Waals surface area contributed by atoms with Crippen LogP contribution in [0.5, 0.6) is 0 Å². The second kappa shape index (κ2) is 9.29. The highest BCUT2D eigenvalue weighted by atomic mass is 19.2. The molecule has 1 amide bonds. The van der Waals surface area contributed by atoms with Crippen LogP contribution in [0.4, 0.5) is 14.5 Å². The zero-order chi connectivity index (χ0) is 23.5. The molecule has 2 heterocycles. The maximum atomic E-state index is 13.6. The van der Waals surface area contributed by atoms with Gasteiger partial charge in [-0.1, -0.05) is 0 Å². The fraction of sp³-hybridized carbons (Fsp3) is 0.217. The number of H-pyrrole nitrogens is 1. The molecule has 1 aliphatic rings. The molecule has 1 saturated heterocycles. The Morgan fingerprint density at radius 1 is 1.24 bits per heavy atom. The minimum absolute atomic E-state index is 0.00860. The molecule has 4 rings (SSSR count). The highest BCUT2D eigenvalue weighted by Gasteiger charge is 2.26. The van der Waals surface area contributed by atoms with E-state index in [1.807, 2.05) is 0 Å². The zero-order valence-electron chi connectivity index (χ0n) is 17.7. The number of halogens is 2. The van der Waals surface area contributed by atoms with Crippen molar-refractivity contribution in [3.05, 3.63) is 81.8 Å². The number of amides is 1. The summed E-state index contributed by atoms with van der Waals surface area (Å²) in [5.74, 6) is -2.20. The fourth-order valence-electron chi connectivity index (χ4n) is 3.71. The van der Waals surface area contributed by atoms with Crippen LogP contribution in [0.15, 0.2) is 58.6 Å². The zero-order valence-corrected chi connectivity index (χ0v) is 17.7. The largest absolute Gasteiger partial charge is 0.380 e. The molecule has 8 nitrogen and oxygen atoms in total. The van der Waals surface area contributed by atoms with Gasteiger partial charge in [0, 0.05) is 49.1 Å². The summed E-state index contributed by atoms with van der Waals surface area (Å²) in [5.41, 5.74) is 8.12.